The normalized spacial score (nSPS) is 12.5. The SMILES string of the molecule is Cc1ccc(CCNCC(O)c2cccc(C(F)(F)F)c2)cc1.Cl. The molecule has 1 unspecified atom stereocenters. The Bertz CT molecular complexity index is 629. The van der Waals surface area contributed by atoms with E-state index in [0.29, 0.717) is 6.54 Å². The van der Waals surface area contributed by atoms with Crippen molar-refractivity contribution in [3.63, 3.8) is 0 Å². The molecule has 0 aliphatic carbocycles. The summed E-state index contributed by atoms with van der Waals surface area (Å²) in [6, 6.07) is 13.0. The zero-order chi connectivity index (χ0) is 16.9. The summed E-state index contributed by atoms with van der Waals surface area (Å²) in [6.45, 7) is 2.89. The lowest BCUT2D eigenvalue weighted by Gasteiger charge is -2.14. The zero-order valence-corrected chi connectivity index (χ0v) is 14.1. The van der Waals surface area contributed by atoms with Gasteiger partial charge in [-0.1, -0.05) is 42.0 Å². The molecule has 0 bridgehead atoms. The van der Waals surface area contributed by atoms with Crippen LogP contribution < -0.4 is 5.32 Å². The Labute approximate surface area is 146 Å². The molecule has 0 radical (unpaired) electrons. The van der Waals surface area contributed by atoms with E-state index in [1.54, 1.807) is 0 Å². The number of aliphatic hydroxyl groups is 1. The van der Waals surface area contributed by atoms with Crippen LogP contribution in [0.4, 0.5) is 13.2 Å². The molecule has 2 N–H and O–H groups in total. The summed E-state index contributed by atoms with van der Waals surface area (Å²) in [7, 11) is 0. The van der Waals surface area contributed by atoms with Crippen LogP contribution in [-0.4, -0.2) is 18.2 Å². The fraction of sp³-hybridized carbons (Fsp3) is 0.333. The first-order chi connectivity index (χ1) is 10.9. The summed E-state index contributed by atoms with van der Waals surface area (Å²) in [6.07, 6.45) is -4.56. The van der Waals surface area contributed by atoms with Gasteiger partial charge in [-0.05, 0) is 43.1 Å². The highest BCUT2D eigenvalue weighted by Gasteiger charge is 2.30. The molecule has 132 valence electrons. The van der Waals surface area contributed by atoms with Gasteiger partial charge in [-0.2, -0.15) is 13.2 Å². The lowest BCUT2D eigenvalue weighted by molar-refractivity contribution is -0.137. The number of nitrogens with one attached hydrogen (secondary N) is 1. The Kier molecular flexibility index (Phi) is 7.73. The number of alkyl halides is 3. The van der Waals surface area contributed by atoms with Gasteiger partial charge < -0.3 is 10.4 Å². The predicted octanol–water partition coefficient (Wildman–Crippen LogP) is 4.30. The summed E-state index contributed by atoms with van der Waals surface area (Å²) in [4.78, 5) is 0. The summed E-state index contributed by atoms with van der Waals surface area (Å²) >= 11 is 0. The van der Waals surface area contributed by atoms with Gasteiger partial charge in [0.2, 0.25) is 0 Å². The molecule has 2 aromatic rings. The van der Waals surface area contributed by atoms with E-state index in [1.165, 1.54) is 23.3 Å². The van der Waals surface area contributed by atoms with Crippen LogP contribution in [0.5, 0.6) is 0 Å². The standard InChI is InChI=1S/C18H20F3NO.ClH/c1-13-5-7-14(8-6-13)9-10-22-12-17(23)15-3-2-4-16(11-15)18(19,20)21;/h2-8,11,17,22-23H,9-10,12H2,1H3;1H. The van der Waals surface area contributed by atoms with Gasteiger partial charge in [-0.25, -0.2) is 0 Å². The quantitative estimate of drug-likeness (QED) is 0.754. The number of aryl methyl sites for hydroxylation is 1. The molecule has 0 saturated heterocycles. The topological polar surface area (TPSA) is 32.3 Å². The second-order valence-corrected chi connectivity index (χ2v) is 5.58. The van der Waals surface area contributed by atoms with E-state index in [-0.39, 0.29) is 24.5 Å². The van der Waals surface area contributed by atoms with Gasteiger partial charge in [0.25, 0.3) is 0 Å². The third-order valence-electron chi connectivity index (χ3n) is 3.65. The predicted molar refractivity (Wildman–Crippen MR) is 91.4 cm³/mol. The van der Waals surface area contributed by atoms with Crippen molar-refractivity contribution in [3.8, 4) is 0 Å². The van der Waals surface area contributed by atoms with Crippen molar-refractivity contribution in [3.05, 3.63) is 70.8 Å². The Morgan fingerprint density at radius 1 is 1.08 bits per heavy atom. The van der Waals surface area contributed by atoms with Gasteiger partial charge in [0.1, 0.15) is 0 Å². The summed E-state index contributed by atoms with van der Waals surface area (Å²) in [5.74, 6) is 0. The van der Waals surface area contributed by atoms with Crippen LogP contribution in [0.1, 0.15) is 28.4 Å². The molecule has 2 aromatic carbocycles. The first-order valence-electron chi connectivity index (χ1n) is 7.48. The van der Waals surface area contributed by atoms with Crippen molar-refractivity contribution in [2.45, 2.75) is 25.6 Å². The Balaban J connectivity index is 0.00000288. The zero-order valence-electron chi connectivity index (χ0n) is 13.3. The van der Waals surface area contributed by atoms with E-state index in [9.17, 15) is 18.3 Å². The maximum Gasteiger partial charge on any atom is 0.416 e. The van der Waals surface area contributed by atoms with Crippen molar-refractivity contribution in [1.82, 2.24) is 5.32 Å². The number of hydrogen-bond acceptors (Lipinski definition) is 2. The van der Waals surface area contributed by atoms with Crippen LogP contribution in [0.15, 0.2) is 48.5 Å². The van der Waals surface area contributed by atoms with Crippen LogP contribution in [0.2, 0.25) is 0 Å². The van der Waals surface area contributed by atoms with E-state index in [2.05, 4.69) is 5.32 Å². The maximum absolute atomic E-state index is 12.7. The van der Waals surface area contributed by atoms with E-state index in [1.807, 2.05) is 31.2 Å². The van der Waals surface area contributed by atoms with E-state index in [0.717, 1.165) is 18.6 Å². The fourth-order valence-corrected chi connectivity index (χ4v) is 2.27. The van der Waals surface area contributed by atoms with Crippen molar-refractivity contribution in [2.75, 3.05) is 13.1 Å². The van der Waals surface area contributed by atoms with Gasteiger partial charge in [-0.3, -0.25) is 0 Å². The second-order valence-electron chi connectivity index (χ2n) is 5.58. The van der Waals surface area contributed by atoms with E-state index >= 15 is 0 Å². The largest absolute Gasteiger partial charge is 0.416 e. The molecule has 6 heteroatoms. The first kappa shape index (κ1) is 20.5. The van der Waals surface area contributed by atoms with Crippen LogP contribution in [0.25, 0.3) is 0 Å². The van der Waals surface area contributed by atoms with Gasteiger partial charge in [0, 0.05) is 6.54 Å². The van der Waals surface area contributed by atoms with Gasteiger partial charge >= 0.3 is 6.18 Å². The monoisotopic (exact) mass is 359 g/mol. The molecule has 1 atom stereocenters. The van der Waals surface area contributed by atoms with Gasteiger partial charge in [0.05, 0.1) is 11.7 Å². The minimum atomic E-state index is -4.39. The fourth-order valence-electron chi connectivity index (χ4n) is 2.27. The molecule has 0 saturated carbocycles. The molecule has 0 aromatic heterocycles. The number of halogens is 4. The minimum Gasteiger partial charge on any atom is -0.387 e. The van der Waals surface area contributed by atoms with Gasteiger partial charge in [0.15, 0.2) is 0 Å². The molecular formula is C18H21ClF3NO. The van der Waals surface area contributed by atoms with Gasteiger partial charge in [-0.15, -0.1) is 12.4 Å². The Hall–Kier alpha value is -1.56. The van der Waals surface area contributed by atoms with E-state index in [4.69, 9.17) is 0 Å². The highest BCUT2D eigenvalue weighted by molar-refractivity contribution is 5.85. The average molecular weight is 360 g/mol. The third-order valence-corrected chi connectivity index (χ3v) is 3.65. The highest BCUT2D eigenvalue weighted by atomic mass is 35.5. The maximum atomic E-state index is 12.7. The van der Waals surface area contributed by atoms with Crippen LogP contribution in [0, 0.1) is 6.92 Å². The van der Waals surface area contributed by atoms with Crippen molar-refractivity contribution in [1.29, 1.82) is 0 Å². The summed E-state index contributed by atoms with van der Waals surface area (Å²) < 4.78 is 38.0. The average Bonchev–Trinajstić information content (AvgIpc) is 2.52. The molecule has 2 nitrogen and oxygen atoms in total. The molecule has 0 aliphatic rings. The number of hydrogen-bond donors (Lipinski definition) is 2. The Morgan fingerprint density at radius 2 is 1.75 bits per heavy atom. The summed E-state index contributed by atoms with van der Waals surface area (Å²) in [5.41, 5.74) is 1.90. The lowest BCUT2D eigenvalue weighted by Crippen LogP contribution is -2.24. The van der Waals surface area contributed by atoms with Crippen LogP contribution >= 0.6 is 12.4 Å². The second kappa shape index (κ2) is 9.06. The molecular weight excluding hydrogens is 339 g/mol. The minimum absolute atomic E-state index is 0. The van der Waals surface area contributed by atoms with E-state index < -0.39 is 17.8 Å². The van der Waals surface area contributed by atoms with Crippen LogP contribution in [0.3, 0.4) is 0 Å². The molecule has 0 aliphatic heterocycles. The lowest BCUT2D eigenvalue weighted by atomic mass is 10.1. The van der Waals surface area contributed by atoms with Crippen molar-refractivity contribution >= 4 is 12.4 Å². The summed E-state index contributed by atoms with van der Waals surface area (Å²) in [5, 5.41) is 13.1. The van der Waals surface area contributed by atoms with Crippen molar-refractivity contribution < 1.29 is 18.3 Å². The van der Waals surface area contributed by atoms with Crippen LogP contribution in [-0.2, 0) is 12.6 Å². The number of benzene rings is 2. The molecule has 0 fully saturated rings. The molecule has 2 rings (SSSR count). The molecule has 0 heterocycles. The molecule has 0 amide bonds. The number of rotatable bonds is 6. The first-order valence-corrected chi connectivity index (χ1v) is 7.48. The van der Waals surface area contributed by atoms with Crippen molar-refractivity contribution in [2.24, 2.45) is 0 Å². The molecule has 0 spiro atoms. The number of aliphatic hydroxyl groups excluding tert-OH is 1. The highest BCUT2D eigenvalue weighted by Crippen LogP contribution is 2.30. The smallest absolute Gasteiger partial charge is 0.387 e. The Morgan fingerprint density at radius 3 is 2.38 bits per heavy atom. The third kappa shape index (κ3) is 6.15. The molecule has 24 heavy (non-hydrogen) atoms.